The number of nitrogens with one attached hydrogen (secondary N) is 1. The molecule has 19 heavy (non-hydrogen) atoms. The van der Waals surface area contributed by atoms with E-state index in [0.717, 1.165) is 6.07 Å². The molecule has 0 bridgehead atoms. The van der Waals surface area contributed by atoms with Gasteiger partial charge in [-0.2, -0.15) is 9.65 Å². The van der Waals surface area contributed by atoms with Crippen molar-refractivity contribution in [2.75, 3.05) is 5.43 Å². The summed E-state index contributed by atoms with van der Waals surface area (Å²) >= 11 is 0. The summed E-state index contributed by atoms with van der Waals surface area (Å²) in [5.41, 5.74) is 2.99. The molecule has 2 rings (SSSR count). The molecular formula is C13H9F2N3O. The van der Waals surface area contributed by atoms with Crippen molar-refractivity contribution in [3.8, 4) is 17.6 Å². The molecule has 0 aromatic heterocycles. The van der Waals surface area contributed by atoms with E-state index < -0.39 is 11.6 Å². The Bertz CT molecular complexity index is 653. The fourth-order valence-electron chi connectivity index (χ4n) is 1.50. The minimum atomic E-state index is -1.08. The van der Waals surface area contributed by atoms with Gasteiger partial charge in [0.25, 0.3) is 0 Å². The van der Waals surface area contributed by atoms with Crippen molar-refractivity contribution >= 4 is 5.69 Å². The van der Waals surface area contributed by atoms with Crippen molar-refractivity contribution in [1.82, 2.24) is 0 Å². The molecule has 0 radical (unpaired) electrons. The third-order valence-corrected chi connectivity index (χ3v) is 2.41. The van der Waals surface area contributed by atoms with Gasteiger partial charge in [-0.3, -0.25) is 5.84 Å². The predicted molar refractivity (Wildman–Crippen MR) is 65.4 cm³/mol. The topological polar surface area (TPSA) is 71.1 Å². The predicted octanol–water partition coefficient (Wildman–Crippen LogP) is 2.91. The zero-order valence-electron chi connectivity index (χ0n) is 9.65. The number of ether oxygens (including phenoxy) is 1. The number of nitrogens with two attached hydrogens (primary N) is 1. The zero-order valence-corrected chi connectivity index (χ0v) is 9.65. The number of nitrogens with zero attached hydrogens (tertiary/aromatic N) is 1. The molecule has 0 atom stereocenters. The third kappa shape index (κ3) is 2.61. The molecule has 0 unspecified atom stereocenters. The number of benzene rings is 2. The van der Waals surface area contributed by atoms with Crippen LogP contribution in [-0.2, 0) is 0 Å². The Morgan fingerprint density at radius 3 is 2.68 bits per heavy atom. The van der Waals surface area contributed by atoms with Crippen LogP contribution >= 0.6 is 0 Å². The first-order valence-corrected chi connectivity index (χ1v) is 5.28. The highest BCUT2D eigenvalue weighted by atomic mass is 19.2. The molecule has 0 saturated heterocycles. The van der Waals surface area contributed by atoms with Gasteiger partial charge in [-0.05, 0) is 24.3 Å². The van der Waals surface area contributed by atoms with Crippen LogP contribution in [-0.4, -0.2) is 0 Å². The van der Waals surface area contributed by atoms with E-state index in [4.69, 9.17) is 15.8 Å². The Labute approximate surface area is 108 Å². The zero-order chi connectivity index (χ0) is 13.8. The van der Waals surface area contributed by atoms with Crippen LogP contribution in [0.25, 0.3) is 0 Å². The molecule has 2 aromatic carbocycles. The molecule has 6 heteroatoms. The average Bonchev–Trinajstić information content (AvgIpc) is 2.43. The maximum absolute atomic E-state index is 13.4. The summed E-state index contributed by atoms with van der Waals surface area (Å²) in [5, 5.41) is 8.90. The lowest BCUT2D eigenvalue weighted by Gasteiger charge is -2.09. The second-order valence-corrected chi connectivity index (χ2v) is 3.62. The quantitative estimate of drug-likeness (QED) is 0.658. The number of nitrogen functional groups attached to an aromatic ring is 1. The summed E-state index contributed by atoms with van der Waals surface area (Å²) in [6.45, 7) is 0. The summed E-state index contributed by atoms with van der Waals surface area (Å²) < 4.78 is 31.6. The van der Waals surface area contributed by atoms with Gasteiger partial charge in [-0.25, -0.2) is 4.39 Å². The van der Waals surface area contributed by atoms with Crippen molar-refractivity contribution < 1.29 is 13.5 Å². The van der Waals surface area contributed by atoms with Crippen molar-refractivity contribution in [3.05, 3.63) is 53.6 Å². The van der Waals surface area contributed by atoms with Crippen molar-refractivity contribution in [2.24, 2.45) is 5.84 Å². The van der Waals surface area contributed by atoms with Gasteiger partial charge in [0.1, 0.15) is 11.8 Å². The minimum absolute atomic E-state index is 0.208. The maximum Gasteiger partial charge on any atom is 0.201 e. The van der Waals surface area contributed by atoms with E-state index in [2.05, 4.69) is 5.43 Å². The standard InChI is InChI=1S/C13H9F2N3O/c14-10-2-1-3-12(13(10)15)19-9-4-5-11(18-17)8(6-9)7-16/h1-6,18H,17H2. The maximum atomic E-state index is 13.4. The van der Waals surface area contributed by atoms with Crippen LogP contribution in [0.4, 0.5) is 14.5 Å². The second kappa shape index (κ2) is 5.33. The molecule has 96 valence electrons. The molecular weight excluding hydrogens is 252 g/mol. The Kier molecular flexibility index (Phi) is 3.59. The first-order valence-electron chi connectivity index (χ1n) is 5.28. The Hall–Kier alpha value is -2.65. The average molecular weight is 261 g/mol. The lowest BCUT2D eigenvalue weighted by atomic mass is 10.2. The van der Waals surface area contributed by atoms with Gasteiger partial charge >= 0.3 is 0 Å². The largest absolute Gasteiger partial charge is 0.454 e. The first-order chi connectivity index (χ1) is 9.15. The molecule has 0 aliphatic heterocycles. The second-order valence-electron chi connectivity index (χ2n) is 3.62. The first kappa shape index (κ1) is 12.8. The molecule has 0 amide bonds. The minimum Gasteiger partial charge on any atom is -0.454 e. The van der Waals surface area contributed by atoms with Crippen LogP contribution in [0.5, 0.6) is 11.5 Å². The smallest absolute Gasteiger partial charge is 0.201 e. The summed E-state index contributed by atoms with van der Waals surface area (Å²) in [4.78, 5) is 0. The number of hydrazine groups is 1. The molecule has 0 saturated carbocycles. The normalized spacial score (nSPS) is 9.79. The Morgan fingerprint density at radius 1 is 1.21 bits per heavy atom. The van der Waals surface area contributed by atoms with E-state index in [0.29, 0.717) is 5.69 Å². The highest BCUT2D eigenvalue weighted by molar-refractivity contribution is 5.59. The highest BCUT2D eigenvalue weighted by Gasteiger charge is 2.10. The van der Waals surface area contributed by atoms with E-state index in [1.165, 1.54) is 30.3 Å². The van der Waals surface area contributed by atoms with Gasteiger partial charge in [-0.1, -0.05) is 6.07 Å². The number of halogens is 2. The number of nitriles is 1. The molecule has 0 spiro atoms. The van der Waals surface area contributed by atoms with Gasteiger partial charge in [0.15, 0.2) is 11.6 Å². The molecule has 3 N–H and O–H groups in total. The van der Waals surface area contributed by atoms with E-state index in [-0.39, 0.29) is 17.1 Å². The van der Waals surface area contributed by atoms with Crippen LogP contribution in [0.3, 0.4) is 0 Å². The van der Waals surface area contributed by atoms with Gasteiger partial charge in [0.05, 0.1) is 11.3 Å². The summed E-state index contributed by atoms with van der Waals surface area (Å²) in [5.74, 6) is 3.09. The molecule has 4 nitrogen and oxygen atoms in total. The summed E-state index contributed by atoms with van der Waals surface area (Å²) in [6.07, 6.45) is 0. The number of hydrogen-bond donors (Lipinski definition) is 2. The van der Waals surface area contributed by atoms with E-state index in [1.807, 2.05) is 6.07 Å². The van der Waals surface area contributed by atoms with Gasteiger partial charge in [0, 0.05) is 6.07 Å². The summed E-state index contributed by atoms with van der Waals surface area (Å²) in [7, 11) is 0. The van der Waals surface area contributed by atoms with Crippen LogP contribution in [0.15, 0.2) is 36.4 Å². The SMILES string of the molecule is N#Cc1cc(Oc2cccc(F)c2F)ccc1NN. The monoisotopic (exact) mass is 261 g/mol. The number of anilines is 1. The highest BCUT2D eigenvalue weighted by Crippen LogP contribution is 2.28. The fourth-order valence-corrected chi connectivity index (χ4v) is 1.50. The van der Waals surface area contributed by atoms with Gasteiger partial charge in [0.2, 0.25) is 5.82 Å². The lowest BCUT2D eigenvalue weighted by molar-refractivity contribution is 0.416. The van der Waals surface area contributed by atoms with E-state index >= 15 is 0 Å². The van der Waals surface area contributed by atoms with Gasteiger partial charge in [-0.15, -0.1) is 0 Å². The van der Waals surface area contributed by atoms with Crippen molar-refractivity contribution in [3.63, 3.8) is 0 Å². The number of hydrogen-bond acceptors (Lipinski definition) is 4. The van der Waals surface area contributed by atoms with Gasteiger partial charge < -0.3 is 10.2 Å². The molecule has 0 aliphatic rings. The molecule has 0 fully saturated rings. The van der Waals surface area contributed by atoms with Crippen molar-refractivity contribution in [2.45, 2.75) is 0 Å². The van der Waals surface area contributed by atoms with Crippen LogP contribution < -0.4 is 16.0 Å². The fraction of sp³-hybridized carbons (Fsp3) is 0. The summed E-state index contributed by atoms with van der Waals surface area (Å²) in [6, 6.07) is 9.88. The van der Waals surface area contributed by atoms with E-state index in [9.17, 15) is 8.78 Å². The molecule has 0 heterocycles. The van der Waals surface area contributed by atoms with Crippen LogP contribution in [0.2, 0.25) is 0 Å². The lowest BCUT2D eigenvalue weighted by Crippen LogP contribution is -2.08. The third-order valence-electron chi connectivity index (χ3n) is 2.41. The Morgan fingerprint density at radius 2 is 2.00 bits per heavy atom. The van der Waals surface area contributed by atoms with E-state index in [1.54, 1.807) is 0 Å². The molecule has 0 aliphatic carbocycles. The number of rotatable bonds is 3. The Balaban J connectivity index is 2.34. The van der Waals surface area contributed by atoms with Crippen molar-refractivity contribution in [1.29, 1.82) is 5.26 Å². The van der Waals surface area contributed by atoms with Crippen LogP contribution in [0, 0.1) is 23.0 Å². The molecule has 2 aromatic rings. The van der Waals surface area contributed by atoms with Crippen LogP contribution in [0.1, 0.15) is 5.56 Å².